The molecule has 0 bridgehead atoms. The van der Waals surface area contributed by atoms with Crippen LogP contribution in [0.15, 0.2) is 100 Å². The maximum atomic E-state index is 6.08. The maximum absolute atomic E-state index is 6.08. The van der Waals surface area contributed by atoms with Crippen molar-refractivity contribution in [2.75, 3.05) is 4.23 Å². The van der Waals surface area contributed by atoms with Crippen LogP contribution in [0, 0.1) is 6.58 Å². The van der Waals surface area contributed by atoms with Gasteiger partial charge in [0, 0.05) is 5.69 Å². The Balaban J connectivity index is 4.02. The van der Waals surface area contributed by atoms with Gasteiger partial charge >= 0.3 is 0 Å². The molecule has 0 aliphatic heterocycles. The molecule has 0 saturated carbocycles. The van der Waals surface area contributed by atoms with Crippen molar-refractivity contribution >= 4 is 28.2 Å². The minimum atomic E-state index is -2.14. The molecule has 0 N–H and O–H groups in total. The minimum Gasteiger partial charge on any atom is -0.422 e. The zero-order valence-corrected chi connectivity index (χ0v) is 19.9. The van der Waals surface area contributed by atoms with E-state index in [9.17, 15) is 0 Å². The van der Waals surface area contributed by atoms with Crippen LogP contribution in [0.25, 0.3) is 6.08 Å². The van der Waals surface area contributed by atoms with E-state index in [4.69, 9.17) is 6.58 Å². The number of benzene rings is 1. The van der Waals surface area contributed by atoms with Crippen molar-refractivity contribution in [2.24, 2.45) is 0 Å². The first-order valence-electron chi connectivity index (χ1n) is 10.1. The zero-order valence-electron chi connectivity index (χ0n) is 17.9. The molecule has 1 aromatic carbocycles. The fourth-order valence-corrected chi connectivity index (χ4v) is 16.9. The second-order valence-corrected chi connectivity index (χ2v) is 16.2. The molecule has 0 fully saturated rings. The molecule has 1 nitrogen and oxygen atoms in total. The van der Waals surface area contributed by atoms with Crippen LogP contribution in [0.2, 0.25) is 36.3 Å². The molecular formula is C26H36NSi2. The Hall–Kier alpha value is -2.37. The quantitative estimate of drug-likeness (QED) is 0.194. The zero-order chi connectivity index (χ0) is 21.8. The van der Waals surface area contributed by atoms with Crippen LogP contribution in [-0.2, 0) is 0 Å². The summed E-state index contributed by atoms with van der Waals surface area (Å²) in [5.74, 6) is 0. The average Bonchev–Trinajstić information content (AvgIpc) is 2.70. The Morgan fingerprint density at radius 2 is 1.00 bits per heavy atom. The normalized spacial score (nSPS) is 11.2. The van der Waals surface area contributed by atoms with Gasteiger partial charge in [-0.1, -0.05) is 67.3 Å². The first-order valence-corrected chi connectivity index (χ1v) is 15.3. The Kier molecular flexibility index (Phi) is 10.4. The van der Waals surface area contributed by atoms with Crippen LogP contribution in [0.4, 0.5) is 5.69 Å². The third kappa shape index (κ3) is 5.58. The summed E-state index contributed by atoms with van der Waals surface area (Å²) in [6.07, 6.45) is 14.1. The Morgan fingerprint density at radius 1 is 0.655 bits per heavy atom. The largest absolute Gasteiger partial charge is 0.422 e. The van der Waals surface area contributed by atoms with Gasteiger partial charge in [0.2, 0.25) is 0 Å². The molecule has 1 radical (unpaired) electrons. The third-order valence-electron chi connectivity index (χ3n) is 5.45. The molecule has 3 heteroatoms. The van der Waals surface area contributed by atoms with Crippen molar-refractivity contribution in [2.45, 2.75) is 36.3 Å². The molecule has 0 unspecified atom stereocenters. The predicted octanol–water partition coefficient (Wildman–Crippen LogP) is 7.95. The molecule has 0 spiro atoms. The first kappa shape index (κ1) is 24.7. The van der Waals surface area contributed by atoms with Crippen LogP contribution >= 0.6 is 0 Å². The number of hydrogen-bond donors (Lipinski definition) is 0. The number of hydrogen-bond acceptors (Lipinski definition) is 1. The van der Waals surface area contributed by atoms with Crippen LogP contribution in [0.3, 0.4) is 0 Å². The van der Waals surface area contributed by atoms with E-state index in [0.717, 1.165) is 41.8 Å². The van der Waals surface area contributed by atoms with E-state index in [1.165, 1.54) is 5.69 Å². The molecule has 0 aliphatic carbocycles. The Labute approximate surface area is 181 Å². The molecule has 1 aromatic rings. The minimum absolute atomic E-state index is 0.949. The van der Waals surface area contributed by atoms with E-state index in [0.29, 0.717) is 0 Å². The van der Waals surface area contributed by atoms with Gasteiger partial charge in [0.25, 0.3) is 0 Å². The fourth-order valence-electron chi connectivity index (χ4n) is 4.51. The van der Waals surface area contributed by atoms with Crippen LogP contribution in [0.5, 0.6) is 0 Å². The Bertz CT molecular complexity index is 656. The van der Waals surface area contributed by atoms with Gasteiger partial charge in [-0.2, -0.15) is 0 Å². The van der Waals surface area contributed by atoms with Gasteiger partial charge in [0.05, 0.1) is 0 Å². The number of rotatable bonds is 16. The molecule has 29 heavy (non-hydrogen) atoms. The molecule has 153 valence electrons. The molecule has 0 atom stereocenters. The molecule has 0 aromatic heterocycles. The number of para-hydroxylation sites is 1. The van der Waals surface area contributed by atoms with Gasteiger partial charge in [-0.3, -0.25) is 0 Å². The number of allylic oxidation sites excluding steroid dienone is 6. The summed E-state index contributed by atoms with van der Waals surface area (Å²) in [4.78, 5) is 0. The SMILES string of the molecule is [CH]=Cc1ccccc1N([Si](CC=C)(CC=C)CC=C)[Si](CC=C)(CC=C)CC=C. The van der Waals surface area contributed by atoms with Crippen molar-refractivity contribution in [1.29, 1.82) is 0 Å². The summed E-state index contributed by atoms with van der Waals surface area (Å²) < 4.78 is 2.79. The van der Waals surface area contributed by atoms with Crippen LogP contribution < -0.4 is 4.23 Å². The van der Waals surface area contributed by atoms with Crippen molar-refractivity contribution in [3.8, 4) is 0 Å². The van der Waals surface area contributed by atoms with Crippen molar-refractivity contribution in [1.82, 2.24) is 0 Å². The van der Waals surface area contributed by atoms with E-state index >= 15 is 0 Å². The van der Waals surface area contributed by atoms with Crippen molar-refractivity contribution in [3.63, 3.8) is 0 Å². The van der Waals surface area contributed by atoms with E-state index < -0.39 is 16.5 Å². The average molecular weight is 419 g/mol. The van der Waals surface area contributed by atoms with Gasteiger partial charge in [0.15, 0.2) is 16.5 Å². The van der Waals surface area contributed by atoms with Crippen molar-refractivity contribution in [3.05, 3.63) is 112 Å². The smallest absolute Gasteiger partial charge is 0.159 e. The van der Waals surface area contributed by atoms with Crippen LogP contribution in [-0.4, -0.2) is 16.5 Å². The summed E-state index contributed by atoms with van der Waals surface area (Å²) in [5.41, 5.74) is 2.25. The molecule has 0 heterocycles. The second-order valence-electron chi connectivity index (χ2n) is 7.47. The molecule has 1 rings (SSSR count). The number of nitrogens with zero attached hydrogens (tertiary/aromatic N) is 1. The highest BCUT2D eigenvalue weighted by atomic mass is 28.4. The summed E-state index contributed by atoms with van der Waals surface area (Å²) in [6, 6.07) is 14.1. The summed E-state index contributed by atoms with van der Waals surface area (Å²) in [5, 5.41) is 0. The summed E-state index contributed by atoms with van der Waals surface area (Å²) in [6.45, 7) is 30.7. The summed E-state index contributed by atoms with van der Waals surface area (Å²) >= 11 is 0. The molecular weight excluding hydrogens is 382 g/mol. The monoisotopic (exact) mass is 418 g/mol. The van der Waals surface area contributed by atoms with E-state index in [2.05, 4.69) is 98.4 Å². The lowest BCUT2D eigenvalue weighted by molar-refractivity contribution is 1.18. The molecule has 0 amide bonds. The topological polar surface area (TPSA) is 3.24 Å². The third-order valence-corrected chi connectivity index (χ3v) is 17.0. The van der Waals surface area contributed by atoms with Gasteiger partial charge in [-0.05, 0) is 47.9 Å². The van der Waals surface area contributed by atoms with Crippen molar-refractivity contribution < 1.29 is 0 Å². The lowest BCUT2D eigenvalue weighted by Gasteiger charge is -2.54. The fraction of sp³-hybridized carbons (Fsp3) is 0.231. The van der Waals surface area contributed by atoms with Gasteiger partial charge < -0.3 is 4.23 Å². The van der Waals surface area contributed by atoms with E-state index in [1.54, 1.807) is 6.08 Å². The van der Waals surface area contributed by atoms with E-state index in [1.807, 2.05) is 6.07 Å². The number of anilines is 1. The lowest BCUT2D eigenvalue weighted by atomic mass is 10.2. The van der Waals surface area contributed by atoms with E-state index in [-0.39, 0.29) is 0 Å². The molecule has 0 saturated heterocycles. The van der Waals surface area contributed by atoms with Gasteiger partial charge in [-0.25, -0.2) is 0 Å². The van der Waals surface area contributed by atoms with Gasteiger partial charge in [-0.15, -0.1) is 39.5 Å². The highest BCUT2D eigenvalue weighted by Gasteiger charge is 2.48. The second kappa shape index (κ2) is 12.3. The predicted molar refractivity (Wildman–Crippen MR) is 139 cm³/mol. The highest BCUT2D eigenvalue weighted by molar-refractivity contribution is 7.03. The van der Waals surface area contributed by atoms with Gasteiger partial charge in [0.1, 0.15) is 0 Å². The Morgan fingerprint density at radius 3 is 1.31 bits per heavy atom. The molecule has 0 aliphatic rings. The lowest BCUT2D eigenvalue weighted by Crippen LogP contribution is -2.67. The first-order chi connectivity index (χ1) is 14.0. The summed E-state index contributed by atoms with van der Waals surface area (Å²) in [7, 11) is -4.28. The standard InChI is InChI=1S/C26H36NSi2/c1-8-19-28(20-9-2,21-10-3)27(26-18-16-15-17-25(26)14-7)29(22-11-4,23-12-5)24-13-6/h7-18H,1-6,19-24H2. The maximum Gasteiger partial charge on any atom is 0.159 e. The van der Waals surface area contributed by atoms with Crippen LogP contribution in [0.1, 0.15) is 5.56 Å². The highest BCUT2D eigenvalue weighted by Crippen LogP contribution is 2.43.